The number of benzene rings is 2. The zero-order valence-corrected chi connectivity index (χ0v) is 19.1. The Hall–Kier alpha value is -3.22. The van der Waals surface area contributed by atoms with E-state index in [0.717, 1.165) is 23.4 Å². The van der Waals surface area contributed by atoms with E-state index >= 15 is 0 Å². The summed E-state index contributed by atoms with van der Waals surface area (Å²) in [6.07, 6.45) is -2.02. The van der Waals surface area contributed by atoms with Crippen LogP contribution in [-0.4, -0.2) is 12.1 Å². The molecule has 0 aliphatic carbocycles. The van der Waals surface area contributed by atoms with Crippen LogP contribution in [0.2, 0.25) is 0 Å². The molecule has 0 saturated carbocycles. The summed E-state index contributed by atoms with van der Waals surface area (Å²) in [4.78, 5) is 13.0. The molecule has 0 radical (unpaired) electrons. The number of hydrogen-bond donors (Lipinski definition) is 1. The minimum Gasteiger partial charge on any atom is -0.489 e. The maximum Gasteiger partial charge on any atom is 0.416 e. The molecule has 2 aromatic rings. The van der Waals surface area contributed by atoms with E-state index in [9.17, 15) is 18.0 Å². The minimum atomic E-state index is -4.42. The number of alkyl halides is 3. The minimum absolute atomic E-state index is 0.0378. The van der Waals surface area contributed by atoms with Gasteiger partial charge in [-0.2, -0.15) is 13.2 Å². The lowest BCUT2D eigenvalue weighted by Crippen LogP contribution is -2.27. The predicted molar refractivity (Wildman–Crippen MR) is 120 cm³/mol. The third kappa shape index (κ3) is 5.97. The maximum absolute atomic E-state index is 13.0. The summed E-state index contributed by atoms with van der Waals surface area (Å²) in [6, 6.07) is 12.3. The molecule has 1 aliphatic rings. The molecule has 2 unspecified atom stereocenters. The molecule has 33 heavy (non-hydrogen) atoms. The standard InChI is InChI=1S/C26H28F3NO3/c1-5-17(3)33-25(31)24-18(4)30-16(2)13-22(24)21-11-6-7-12-23(21)32-15-19-9-8-10-20(14-19)26(27,28)29/h6-14,17,22,30H,5,15H2,1-4H3. The molecule has 0 bridgehead atoms. The predicted octanol–water partition coefficient (Wildman–Crippen LogP) is 6.49. The van der Waals surface area contributed by atoms with E-state index < -0.39 is 23.6 Å². The number of nitrogens with one attached hydrogen (secondary N) is 1. The summed E-state index contributed by atoms with van der Waals surface area (Å²) in [7, 11) is 0. The van der Waals surface area contributed by atoms with Crippen LogP contribution in [0.3, 0.4) is 0 Å². The Labute approximate surface area is 192 Å². The number of carbonyl (C=O) groups is 1. The van der Waals surface area contributed by atoms with Crippen LogP contribution < -0.4 is 10.1 Å². The van der Waals surface area contributed by atoms with Crippen molar-refractivity contribution in [3.05, 3.63) is 88.3 Å². The molecule has 1 heterocycles. The second kappa shape index (κ2) is 10.1. The second-order valence-electron chi connectivity index (χ2n) is 8.14. The molecule has 4 nitrogen and oxygen atoms in total. The Bertz CT molecular complexity index is 1070. The molecule has 1 aliphatic heterocycles. The smallest absolute Gasteiger partial charge is 0.416 e. The zero-order chi connectivity index (χ0) is 24.2. The van der Waals surface area contributed by atoms with Gasteiger partial charge in [-0.3, -0.25) is 0 Å². The summed E-state index contributed by atoms with van der Waals surface area (Å²) in [5.41, 5.74) is 2.48. The van der Waals surface area contributed by atoms with Crippen molar-refractivity contribution in [3.8, 4) is 5.75 Å². The Kier molecular flexibility index (Phi) is 7.51. The molecule has 0 spiro atoms. The fourth-order valence-corrected chi connectivity index (χ4v) is 3.69. The number of dihydropyridines is 1. The van der Waals surface area contributed by atoms with Crippen LogP contribution in [0.25, 0.3) is 0 Å². The van der Waals surface area contributed by atoms with Gasteiger partial charge in [-0.15, -0.1) is 0 Å². The molecule has 0 fully saturated rings. The van der Waals surface area contributed by atoms with Gasteiger partial charge in [-0.25, -0.2) is 4.79 Å². The van der Waals surface area contributed by atoms with Crippen LogP contribution >= 0.6 is 0 Å². The first kappa shape index (κ1) is 24.4. The van der Waals surface area contributed by atoms with Crippen molar-refractivity contribution in [2.75, 3.05) is 0 Å². The molecule has 176 valence electrons. The highest BCUT2D eigenvalue weighted by Crippen LogP contribution is 2.38. The van der Waals surface area contributed by atoms with Crippen molar-refractivity contribution in [3.63, 3.8) is 0 Å². The highest BCUT2D eigenvalue weighted by atomic mass is 19.4. The van der Waals surface area contributed by atoms with Crippen molar-refractivity contribution >= 4 is 5.97 Å². The van der Waals surface area contributed by atoms with Crippen molar-refractivity contribution < 1.29 is 27.4 Å². The van der Waals surface area contributed by atoms with Crippen molar-refractivity contribution in [2.24, 2.45) is 0 Å². The first-order valence-electron chi connectivity index (χ1n) is 10.8. The van der Waals surface area contributed by atoms with E-state index in [2.05, 4.69) is 5.32 Å². The van der Waals surface area contributed by atoms with E-state index in [1.54, 1.807) is 18.2 Å². The average Bonchev–Trinajstić information content (AvgIpc) is 2.76. The van der Waals surface area contributed by atoms with Crippen LogP contribution in [0.4, 0.5) is 13.2 Å². The fraction of sp³-hybridized carbons (Fsp3) is 0.346. The van der Waals surface area contributed by atoms with Gasteiger partial charge in [0.25, 0.3) is 0 Å². The molecular formula is C26H28F3NO3. The zero-order valence-electron chi connectivity index (χ0n) is 19.1. The van der Waals surface area contributed by atoms with Gasteiger partial charge in [0.05, 0.1) is 17.2 Å². The molecule has 1 N–H and O–H groups in total. The number of halogens is 3. The molecule has 0 amide bonds. The molecule has 0 saturated heterocycles. The number of ether oxygens (including phenoxy) is 2. The van der Waals surface area contributed by atoms with E-state index in [4.69, 9.17) is 9.47 Å². The molecule has 2 aromatic carbocycles. The summed E-state index contributed by atoms with van der Waals surface area (Å²) in [6.45, 7) is 7.47. The molecular weight excluding hydrogens is 431 g/mol. The van der Waals surface area contributed by atoms with Gasteiger partial charge in [0.15, 0.2) is 0 Å². The number of para-hydroxylation sites is 1. The highest BCUT2D eigenvalue weighted by Gasteiger charge is 2.32. The van der Waals surface area contributed by atoms with Gasteiger partial charge in [0.2, 0.25) is 0 Å². The van der Waals surface area contributed by atoms with Gasteiger partial charge >= 0.3 is 12.1 Å². The Morgan fingerprint density at radius 1 is 1.12 bits per heavy atom. The number of esters is 1. The van der Waals surface area contributed by atoms with Gasteiger partial charge in [0, 0.05) is 22.9 Å². The molecule has 0 aromatic heterocycles. The average molecular weight is 460 g/mol. The summed E-state index contributed by atoms with van der Waals surface area (Å²) < 4.78 is 50.7. The topological polar surface area (TPSA) is 47.6 Å². The van der Waals surface area contributed by atoms with Crippen molar-refractivity contribution in [2.45, 2.75) is 58.9 Å². The lowest BCUT2D eigenvalue weighted by molar-refractivity contribution is -0.144. The quantitative estimate of drug-likeness (QED) is 0.481. The summed E-state index contributed by atoms with van der Waals surface area (Å²) in [5, 5.41) is 3.19. The maximum atomic E-state index is 13.0. The number of carbonyl (C=O) groups excluding carboxylic acids is 1. The SMILES string of the molecule is CCC(C)OC(=O)C1=C(C)NC(C)=CC1c1ccccc1OCc1cccc(C(F)(F)F)c1. The number of allylic oxidation sites excluding steroid dienone is 3. The van der Waals surface area contributed by atoms with Crippen LogP contribution in [0.15, 0.2) is 71.6 Å². The van der Waals surface area contributed by atoms with Gasteiger partial charge < -0.3 is 14.8 Å². The molecule has 7 heteroatoms. The van der Waals surface area contributed by atoms with E-state index in [-0.39, 0.29) is 12.7 Å². The van der Waals surface area contributed by atoms with Crippen molar-refractivity contribution in [1.29, 1.82) is 0 Å². The Balaban J connectivity index is 1.90. The summed E-state index contributed by atoms with van der Waals surface area (Å²) in [5.74, 6) is -0.330. The van der Waals surface area contributed by atoms with E-state index in [1.165, 1.54) is 6.07 Å². The molecule has 2 atom stereocenters. The number of hydrogen-bond acceptors (Lipinski definition) is 4. The largest absolute Gasteiger partial charge is 0.489 e. The number of rotatable bonds is 7. The van der Waals surface area contributed by atoms with Crippen molar-refractivity contribution in [1.82, 2.24) is 5.32 Å². The van der Waals surface area contributed by atoms with Crippen LogP contribution in [0.5, 0.6) is 5.75 Å². The monoisotopic (exact) mass is 459 g/mol. The van der Waals surface area contributed by atoms with Crippen LogP contribution in [-0.2, 0) is 22.3 Å². The van der Waals surface area contributed by atoms with E-state index in [1.807, 2.05) is 45.9 Å². The lowest BCUT2D eigenvalue weighted by atomic mass is 9.86. The lowest BCUT2D eigenvalue weighted by Gasteiger charge is -2.28. The normalized spacial score (nSPS) is 17.2. The van der Waals surface area contributed by atoms with Crippen LogP contribution in [0, 0.1) is 0 Å². The fourth-order valence-electron chi connectivity index (χ4n) is 3.69. The first-order chi connectivity index (χ1) is 15.6. The van der Waals surface area contributed by atoms with Crippen LogP contribution in [0.1, 0.15) is 56.7 Å². The van der Waals surface area contributed by atoms with Gasteiger partial charge in [-0.05, 0) is 51.0 Å². The highest BCUT2D eigenvalue weighted by molar-refractivity contribution is 5.92. The summed E-state index contributed by atoms with van der Waals surface area (Å²) >= 11 is 0. The third-order valence-electron chi connectivity index (χ3n) is 5.52. The Morgan fingerprint density at radius 3 is 2.55 bits per heavy atom. The first-order valence-corrected chi connectivity index (χ1v) is 10.8. The second-order valence-corrected chi connectivity index (χ2v) is 8.14. The van der Waals surface area contributed by atoms with Gasteiger partial charge in [0.1, 0.15) is 12.4 Å². The van der Waals surface area contributed by atoms with Gasteiger partial charge in [-0.1, -0.05) is 43.3 Å². The third-order valence-corrected chi connectivity index (χ3v) is 5.52. The molecule has 3 rings (SSSR count). The Morgan fingerprint density at radius 2 is 1.85 bits per heavy atom. The van der Waals surface area contributed by atoms with E-state index in [0.29, 0.717) is 29.0 Å².